The lowest BCUT2D eigenvalue weighted by atomic mass is 9.92. The van der Waals surface area contributed by atoms with Gasteiger partial charge in [-0.2, -0.15) is 0 Å². The number of rotatable bonds is 23. The molecule has 0 aliphatic rings. The summed E-state index contributed by atoms with van der Waals surface area (Å²) in [7, 11) is 0. The number of hydrogen-bond donors (Lipinski definition) is 4. The van der Waals surface area contributed by atoms with Gasteiger partial charge < -0.3 is 32.6 Å². The van der Waals surface area contributed by atoms with Crippen molar-refractivity contribution in [2.75, 3.05) is 44.3 Å². The SMILES string of the molecule is CCN(CC)c1ccc(/C=C/c2ccc(C(CCOOC(N)CCCCN)CCOC(=O)C(N)CCCCN)cc2)cc1. The fourth-order valence-electron chi connectivity index (χ4n) is 4.83. The summed E-state index contributed by atoms with van der Waals surface area (Å²) in [5.74, 6) is -0.270. The number of carbonyl (C=O) groups excluding carboxylic acids is 1. The smallest absolute Gasteiger partial charge is 0.322 e. The van der Waals surface area contributed by atoms with E-state index in [1.165, 1.54) is 5.69 Å². The second-order valence-corrected chi connectivity index (χ2v) is 10.8. The molecule has 3 unspecified atom stereocenters. The number of nitrogens with two attached hydrogens (primary N) is 4. The van der Waals surface area contributed by atoms with Gasteiger partial charge in [0.1, 0.15) is 12.3 Å². The highest BCUT2D eigenvalue weighted by molar-refractivity contribution is 5.75. The van der Waals surface area contributed by atoms with Crippen LogP contribution in [-0.2, 0) is 19.3 Å². The van der Waals surface area contributed by atoms with Crippen LogP contribution in [0.4, 0.5) is 5.69 Å². The Labute approximate surface area is 258 Å². The number of esters is 1. The minimum absolute atomic E-state index is 0.101. The van der Waals surface area contributed by atoms with Crippen molar-refractivity contribution in [2.24, 2.45) is 22.9 Å². The van der Waals surface area contributed by atoms with Gasteiger partial charge in [-0.25, -0.2) is 9.78 Å². The first-order chi connectivity index (χ1) is 20.9. The van der Waals surface area contributed by atoms with E-state index in [1.54, 1.807) is 0 Å². The molecular weight excluding hydrogens is 542 g/mol. The molecule has 0 aromatic heterocycles. The third-order valence-electron chi connectivity index (χ3n) is 7.56. The minimum Gasteiger partial charge on any atom is -0.465 e. The van der Waals surface area contributed by atoms with Crippen LogP contribution in [0.5, 0.6) is 0 Å². The molecule has 2 rings (SSSR count). The summed E-state index contributed by atoms with van der Waals surface area (Å²) in [5.41, 5.74) is 27.7. The number of nitrogens with zero attached hydrogens (tertiary/aromatic N) is 1. The van der Waals surface area contributed by atoms with E-state index in [4.69, 9.17) is 37.4 Å². The van der Waals surface area contributed by atoms with Gasteiger partial charge in [0.2, 0.25) is 0 Å². The molecular formula is C34H55N5O4. The Balaban J connectivity index is 1.97. The summed E-state index contributed by atoms with van der Waals surface area (Å²) in [6, 6.07) is 16.4. The number of benzene rings is 2. The van der Waals surface area contributed by atoms with Crippen LogP contribution in [0.3, 0.4) is 0 Å². The molecule has 3 atom stereocenters. The summed E-state index contributed by atoms with van der Waals surface area (Å²) in [4.78, 5) is 25.5. The molecule has 9 heteroatoms. The Morgan fingerprint density at radius 2 is 1.33 bits per heavy atom. The van der Waals surface area contributed by atoms with Crippen molar-refractivity contribution >= 4 is 23.8 Å². The fourth-order valence-corrected chi connectivity index (χ4v) is 4.83. The molecule has 0 aliphatic heterocycles. The Hall–Kier alpha value is -2.79. The molecule has 0 radical (unpaired) electrons. The van der Waals surface area contributed by atoms with Gasteiger partial charge >= 0.3 is 5.97 Å². The molecule has 2 aromatic carbocycles. The van der Waals surface area contributed by atoms with E-state index in [9.17, 15) is 4.79 Å². The lowest BCUT2D eigenvalue weighted by Crippen LogP contribution is -2.32. The first-order valence-corrected chi connectivity index (χ1v) is 15.9. The van der Waals surface area contributed by atoms with Crippen LogP contribution >= 0.6 is 0 Å². The van der Waals surface area contributed by atoms with Crippen molar-refractivity contribution in [3.8, 4) is 0 Å². The zero-order chi connectivity index (χ0) is 31.3. The van der Waals surface area contributed by atoms with E-state index < -0.39 is 12.3 Å². The molecule has 0 fully saturated rings. The topological polar surface area (TPSA) is 152 Å². The molecule has 0 saturated heterocycles. The second kappa shape index (κ2) is 21.8. The second-order valence-electron chi connectivity index (χ2n) is 10.8. The third kappa shape index (κ3) is 14.5. The van der Waals surface area contributed by atoms with E-state index in [0.29, 0.717) is 45.4 Å². The minimum atomic E-state index is -0.623. The predicted octanol–water partition coefficient (Wildman–Crippen LogP) is 4.93. The Morgan fingerprint density at radius 1 is 0.767 bits per heavy atom. The highest BCUT2D eigenvalue weighted by Gasteiger charge is 2.17. The molecule has 0 bridgehead atoms. The first-order valence-electron chi connectivity index (χ1n) is 15.9. The van der Waals surface area contributed by atoms with Crippen molar-refractivity contribution in [1.29, 1.82) is 0 Å². The highest BCUT2D eigenvalue weighted by atomic mass is 17.2. The molecule has 43 heavy (non-hydrogen) atoms. The molecule has 0 saturated carbocycles. The maximum atomic E-state index is 12.4. The first kappa shape index (κ1) is 36.4. The normalized spacial score (nSPS) is 13.6. The van der Waals surface area contributed by atoms with Gasteiger partial charge in [-0.1, -0.05) is 55.0 Å². The largest absolute Gasteiger partial charge is 0.465 e. The zero-order valence-corrected chi connectivity index (χ0v) is 26.3. The zero-order valence-electron chi connectivity index (χ0n) is 26.3. The molecule has 0 spiro atoms. The Morgan fingerprint density at radius 3 is 1.91 bits per heavy atom. The van der Waals surface area contributed by atoms with Gasteiger partial charge in [0, 0.05) is 18.8 Å². The molecule has 8 N–H and O–H groups in total. The van der Waals surface area contributed by atoms with Crippen molar-refractivity contribution in [2.45, 2.75) is 83.4 Å². The van der Waals surface area contributed by atoms with Gasteiger partial charge in [-0.05, 0) is 107 Å². The van der Waals surface area contributed by atoms with Gasteiger partial charge in [-0.15, -0.1) is 0 Å². The maximum absolute atomic E-state index is 12.4. The number of ether oxygens (including phenoxy) is 1. The number of anilines is 1. The third-order valence-corrected chi connectivity index (χ3v) is 7.56. The van der Waals surface area contributed by atoms with Crippen molar-refractivity contribution in [3.63, 3.8) is 0 Å². The quantitative estimate of drug-likeness (QED) is 0.0349. The summed E-state index contributed by atoms with van der Waals surface area (Å²) in [6.45, 7) is 8.19. The lowest BCUT2D eigenvalue weighted by Gasteiger charge is -2.20. The molecule has 0 aliphatic carbocycles. The van der Waals surface area contributed by atoms with Gasteiger partial charge in [0.25, 0.3) is 0 Å². The van der Waals surface area contributed by atoms with Gasteiger partial charge in [0.15, 0.2) is 0 Å². The molecule has 0 heterocycles. The van der Waals surface area contributed by atoms with Gasteiger partial charge in [-0.3, -0.25) is 4.79 Å². The number of carbonyl (C=O) groups is 1. The average molecular weight is 598 g/mol. The van der Waals surface area contributed by atoms with Crippen LogP contribution in [0.25, 0.3) is 12.2 Å². The number of hydrogen-bond acceptors (Lipinski definition) is 9. The van der Waals surface area contributed by atoms with E-state index in [1.807, 2.05) is 0 Å². The molecule has 9 nitrogen and oxygen atoms in total. The summed E-state index contributed by atoms with van der Waals surface area (Å²) in [6.07, 6.45) is 9.80. The van der Waals surface area contributed by atoms with E-state index >= 15 is 0 Å². The van der Waals surface area contributed by atoms with E-state index in [0.717, 1.165) is 55.5 Å². The summed E-state index contributed by atoms with van der Waals surface area (Å²) >= 11 is 0. The van der Waals surface area contributed by atoms with Crippen molar-refractivity contribution in [3.05, 3.63) is 65.2 Å². The molecule has 0 amide bonds. The predicted molar refractivity (Wildman–Crippen MR) is 177 cm³/mol. The maximum Gasteiger partial charge on any atom is 0.322 e. The van der Waals surface area contributed by atoms with E-state index in [-0.39, 0.29) is 18.5 Å². The van der Waals surface area contributed by atoms with Crippen LogP contribution < -0.4 is 27.8 Å². The molecule has 240 valence electrons. The van der Waals surface area contributed by atoms with Crippen LogP contribution in [0.1, 0.15) is 87.8 Å². The Bertz CT molecular complexity index is 1030. The van der Waals surface area contributed by atoms with Crippen LogP contribution in [0.15, 0.2) is 48.5 Å². The summed E-state index contributed by atoms with van der Waals surface area (Å²) < 4.78 is 5.52. The average Bonchev–Trinajstić information content (AvgIpc) is 3.02. The van der Waals surface area contributed by atoms with Gasteiger partial charge in [0.05, 0.1) is 13.2 Å². The molecule has 2 aromatic rings. The Kier molecular flexibility index (Phi) is 18.5. The van der Waals surface area contributed by atoms with Crippen molar-refractivity contribution in [1.82, 2.24) is 0 Å². The standard InChI is InChI=1S/C34H55N5O4/c1-3-39(4-2)31-19-15-28(16-20-31)12-11-27-13-17-29(18-14-27)30(22-26-42-43-33(38)10-6-8-24-36)21-25-41-34(40)32(37)9-5-7-23-35/h11-20,30,32-33H,3-10,21-26,35-38H2,1-2H3/b12-11+. The fraction of sp³-hybridized carbons (Fsp3) is 0.559. The van der Waals surface area contributed by atoms with Crippen LogP contribution in [-0.4, -0.2) is 57.6 Å². The monoisotopic (exact) mass is 597 g/mol. The van der Waals surface area contributed by atoms with Crippen LogP contribution in [0, 0.1) is 0 Å². The lowest BCUT2D eigenvalue weighted by molar-refractivity contribution is -0.325. The van der Waals surface area contributed by atoms with E-state index in [2.05, 4.69) is 79.4 Å². The summed E-state index contributed by atoms with van der Waals surface area (Å²) in [5, 5.41) is 0. The van der Waals surface area contributed by atoms with Crippen molar-refractivity contribution < 1.29 is 19.3 Å². The van der Waals surface area contributed by atoms with Crippen LogP contribution in [0.2, 0.25) is 0 Å². The highest BCUT2D eigenvalue weighted by Crippen LogP contribution is 2.25. The number of unbranched alkanes of at least 4 members (excludes halogenated alkanes) is 2.